The van der Waals surface area contributed by atoms with Crippen LogP contribution in [0.3, 0.4) is 0 Å². The lowest BCUT2D eigenvalue weighted by Crippen LogP contribution is -2.07. The number of nitrogens with one attached hydrogen (secondary N) is 1. The van der Waals surface area contributed by atoms with Gasteiger partial charge in [-0.1, -0.05) is 36.4 Å². The summed E-state index contributed by atoms with van der Waals surface area (Å²) in [6.45, 7) is 5.41. The van der Waals surface area contributed by atoms with Crippen molar-refractivity contribution in [2.75, 3.05) is 5.32 Å². The van der Waals surface area contributed by atoms with Gasteiger partial charge in [-0.2, -0.15) is 0 Å². The molecule has 2 aromatic rings. The summed E-state index contributed by atoms with van der Waals surface area (Å²) < 4.78 is 0. The number of hydrogen-bond donors (Lipinski definition) is 2. The topological polar surface area (TPSA) is 49.3 Å². The Morgan fingerprint density at radius 1 is 1.16 bits per heavy atom. The first-order chi connectivity index (χ1) is 9.08. The van der Waals surface area contributed by atoms with E-state index in [1.165, 1.54) is 17.7 Å². The first-order valence-corrected chi connectivity index (χ1v) is 5.93. The molecule has 0 heterocycles. The number of aromatic hydroxyl groups is 1. The van der Waals surface area contributed by atoms with Crippen LogP contribution < -0.4 is 5.32 Å². The highest BCUT2D eigenvalue weighted by atomic mass is 16.3. The monoisotopic (exact) mass is 253 g/mol. The number of carbonyl (C=O) groups excluding carboxylic acids is 1. The fourth-order valence-corrected chi connectivity index (χ4v) is 1.79. The van der Waals surface area contributed by atoms with E-state index in [2.05, 4.69) is 11.9 Å². The van der Waals surface area contributed by atoms with E-state index >= 15 is 0 Å². The van der Waals surface area contributed by atoms with E-state index in [1.54, 1.807) is 6.07 Å². The molecular formula is C16H15NO2. The number of phenols is 1. The minimum absolute atomic E-state index is 0.109. The van der Waals surface area contributed by atoms with Gasteiger partial charge >= 0.3 is 0 Å². The van der Waals surface area contributed by atoms with Crippen molar-refractivity contribution >= 4 is 11.6 Å². The Balaban J connectivity index is 2.38. The van der Waals surface area contributed by atoms with Gasteiger partial charge in [0, 0.05) is 11.8 Å². The van der Waals surface area contributed by atoms with Crippen molar-refractivity contribution in [3.63, 3.8) is 0 Å². The standard InChI is InChI=1S/C16H15NO2/c1-3-16(19)17-14-8-13(9-15(18)10-14)12-6-4-11(2)5-7-12/h3-10,18H,1H2,2H3,(H,17,19). The molecule has 1 amide bonds. The zero-order chi connectivity index (χ0) is 13.8. The molecule has 0 spiro atoms. The summed E-state index contributed by atoms with van der Waals surface area (Å²) in [6.07, 6.45) is 1.19. The van der Waals surface area contributed by atoms with Crippen molar-refractivity contribution in [1.82, 2.24) is 0 Å². The average molecular weight is 253 g/mol. The Hall–Kier alpha value is -2.55. The maximum Gasteiger partial charge on any atom is 0.247 e. The SMILES string of the molecule is C=CC(=O)Nc1cc(O)cc(-c2ccc(C)cc2)c1. The lowest BCUT2D eigenvalue weighted by Gasteiger charge is -2.08. The van der Waals surface area contributed by atoms with Crippen LogP contribution in [0.15, 0.2) is 55.1 Å². The molecule has 96 valence electrons. The zero-order valence-corrected chi connectivity index (χ0v) is 10.7. The van der Waals surface area contributed by atoms with E-state index in [9.17, 15) is 9.90 Å². The third-order valence-corrected chi connectivity index (χ3v) is 2.76. The second kappa shape index (κ2) is 5.40. The Kier molecular flexibility index (Phi) is 3.66. The van der Waals surface area contributed by atoms with Crippen LogP contribution in [0.2, 0.25) is 0 Å². The molecule has 2 aromatic carbocycles. The third-order valence-electron chi connectivity index (χ3n) is 2.76. The number of amides is 1. The molecule has 0 aliphatic heterocycles. The van der Waals surface area contributed by atoms with Gasteiger partial charge in [0.1, 0.15) is 5.75 Å². The number of hydrogen-bond acceptors (Lipinski definition) is 2. The molecular weight excluding hydrogens is 238 g/mol. The molecule has 3 nitrogen and oxygen atoms in total. The fourth-order valence-electron chi connectivity index (χ4n) is 1.79. The molecule has 0 aliphatic rings. The molecule has 0 fully saturated rings. The summed E-state index contributed by atoms with van der Waals surface area (Å²) in [7, 11) is 0. The number of benzene rings is 2. The quantitative estimate of drug-likeness (QED) is 0.822. The number of phenolic OH excluding ortho intramolecular Hbond substituents is 1. The van der Waals surface area contributed by atoms with Gasteiger partial charge in [-0.3, -0.25) is 4.79 Å². The minimum atomic E-state index is -0.305. The van der Waals surface area contributed by atoms with Gasteiger partial charge in [0.05, 0.1) is 0 Å². The van der Waals surface area contributed by atoms with Gasteiger partial charge in [-0.25, -0.2) is 0 Å². The molecule has 2 N–H and O–H groups in total. The highest BCUT2D eigenvalue weighted by Crippen LogP contribution is 2.28. The van der Waals surface area contributed by atoms with Crippen molar-refractivity contribution < 1.29 is 9.90 Å². The molecule has 2 rings (SSSR count). The molecule has 0 aromatic heterocycles. The van der Waals surface area contributed by atoms with Gasteiger partial charge in [0.15, 0.2) is 0 Å². The van der Waals surface area contributed by atoms with Gasteiger partial charge < -0.3 is 10.4 Å². The third kappa shape index (κ3) is 3.22. The van der Waals surface area contributed by atoms with Crippen molar-refractivity contribution in [3.05, 3.63) is 60.7 Å². The van der Waals surface area contributed by atoms with Crippen molar-refractivity contribution in [1.29, 1.82) is 0 Å². The second-order valence-corrected chi connectivity index (χ2v) is 4.33. The van der Waals surface area contributed by atoms with Crippen LogP contribution in [0.5, 0.6) is 5.75 Å². The average Bonchev–Trinajstić information content (AvgIpc) is 2.38. The van der Waals surface area contributed by atoms with E-state index in [4.69, 9.17) is 0 Å². The zero-order valence-electron chi connectivity index (χ0n) is 10.7. The molecule has 3 heteroatoms. The van der Waals surface area contributed by atoms with Crippen LogP contribution >= 0.6 is 0 Å². The predicted octanol–water partition coefficient (Wildman–Crippen LogP) is 3.49. The van der Waals surface area contributed by atoms with Gasteiger partial charge in [0.2, 0.25) is 5.91 Å². The summed E-state index contributed by atoms with van der Waals surface area (Å²) in [6, 6.07) is 12.9. The van der Waals surface area contributed by atoms with Crippen molar-refractivity contribution in [2.24, 2.45) is 0 Å². The Morgan fingerprint density at radius 3 is 2.47 bits per heavy atom. The molecule has 0 atom stereocenters. The van der Waals surface area contributed by atoms with E-state index in [0.717, 1.165) is 11.1 Å². The molecule has 0 bridgehead atoms. The highest BCUT2D eigenvalue weighted by Gasteiger charge is 2.04. The van der Waals surface area contributed by atoms with Gasteiger partial charge in [-0.05, 0) is 36.3 Å². The minimum Gasteiger partial charge on any atom is -0.508 e. The van der Waals surface area contributed by atoms with Crippen LogP contribution in [0.25, 0.3) is 11.1 Å². The number of rotatable bonds is 3. The Morgan fingerprint density at radius 2 is 1.84 bits per heavy atom. The van der Waals surface area contributed by atoms with Crippen LogP contribution in [0.1, 0.15) is 5.56 Å². The first-order valence-electron chi connectivity index (χ1n) is 5.93. The van der Waals surface area contributed by atoms with Crippen molar-refractivity contribution in [3.8, 4) is 16.9 Å². The second-order valence-electron chi connectivity index (χ2n) is 4.33. The summed E-state index contributed by atoms with van der Waals surface area (Å²) in [5.74, 6) is -0.196. The fraction of sp³-hybridized carbons (Fsp3) is 0.0625. The van der Waals surface area contributed by atoms with Crippen LogP contribution in [-0.4, -0.2) is 11.0 Å². The predicted molar refractivity (Wildman–Crippen MR) is 77.1 cm³/mol. The molecule has 0 radical (unpaired) electrons. The largest absolute Gasteiger partial charge is 0.508 e. The van der Waals surface area contributed by atoms with Crippen molar-refractivity contribution in [2.45, 2.75) is 6.92 Å². The normalized spacial score (nSPS) is 9.95. The molecule has 0 unspecified atom stereocenters. The highest BCUT2D eigenvalue weighted by molar-refractivity contribution is 5.99. The Labute approximate surface area is 112 Å². The van der Waals surface area contributed by atoms with E-state index < -0.39 is 0 Å². The maximum atomic E-state index is 11.3. The summed E-state index contributed by atoms with van der Waals surface area (Å²) in [4.78, 5) is 11.3. The van der Waals surface area contributed by atoms with Gasteiger partial charge in [-0.15, -0.1) is 0 Å². The number of aryl methyl sites for hydroxylation is 1. The van der Waals surface area contributed by atoms with Crippen LogP contribution in [-0.2, 0) is 4.79 Å². The number of carbonyl (C=O) groups is 1. The summed E-state index contributed by atoms with van der Waals surface area (Å²) >= 11 is 0. The lowest BCUT2D eigenvalue weighted by atomic mass is 10.0. The van der Waals surface area contributed by atoms with E-state index in [0.29, 0.717) is 5.69 Å². The van der Waals surface area contributed by atoms with E-state index in [-0.39, 0.29) is 11.7 Å². The molecule has 0 saturated heterocycles. The summed E-state index contributed by atoms with van der Waals surface area (Å²) in [5.41, 5.74) is 3.54. The smallest absolute Gasteiger partial charge is 0.247 e. The van der Waals surface area contributed by atoms with Crippen LogP contribution in [0, 0.1) is 6.92 Å². The Bertz CT molecular complexity index is 615. The lowest BCUT2D eigenvalue weighted by molar-refractivity contribution is -0.111. The first kappa shape index (κ1) is 12.9. The number of anilines is 1. The molecule has 0 saturated carbocycles. The van der Waals surface area contributed by atoms with Crippen LogP contribution in [0.4, 0.5) is 5.69 Å². The molecule has 0 aliphatic carbocycles. The van der Waals surface area contributed by atoms with Gasteiger partial charge in [0.25, 0.3) is 0 Å². The maximum absolute atomic E-state index is 11.3. The summed E-state index contributed by atoms with van der Waals surface area (Å²) in [5, 5.41) is 12.4. The van der Waals surface area contributed by atoms with E-state index in [1.807, 2.05) is 37.3 Å². The molecule has 19 heavy (non-hydrogen) atoms.